The Morgan fingerprint density at radius 3 is 2.60 bits per heavy atom. The van der Waals surface area contributed by atoms with E-state index in [1.54, 1.807) is 17.2 Å². The molecule has 1 aromatic heterocycles. The van der Waals surface area contributed by atoms with E-state index in [0.29, 0.717) is 5.56 Å². The summed E-state index contributed by atoms with van der Waals surface area (Å²) < 4.78 is 0.746. The van der Waals surface area contributed by atoms with Crippen LogP contribution >= 0.6 is 15.9 Å². The summed E-state index contributed by atoms with van der Waals surface area (Å²) >= 11 is 3.30. The molecule has 0 saturated carbocycles. The van der Waals surface area contributed by atoms with Crippen molar-refractivity contribution in [3.8, 4) is 0 Å². The molecule has 104 valence electrons. The van der Waals surface area contributed by atoms with E-state index in [-0.39, 0.29) is 19.1 Å². The van der Waals surface area contributed by atoms with Crippen LogP contribution in [0.1, 0.15) is 15.9 Å². The molecule has 1 amide bonds. The van der Waals surface area contributed by atoms with Crippen LogP contribution in [0.3, 0.4) is 0 Å². The van der Waals surface area contributed by atoms with Crippen LogP contribution in [-0.2, 0) is 0 Å². The van der Waals surface area contributed by atoms with Gasteiger partial charge in [-0.1, -0.05) is 17.7 Å². The van der Waals surface area contributed by atoms with E-state index < -0.39 is 0 Å². The summed E-state index contributed by atoms with van der Waals surface area (Å²) in [6, 6.07) is 9.33. The van der Waals surface area contributed by atoms with Gasteiger partial charge in [-0.05, 0) is 41.1 Å². The molecule has 2 aromatic rings. The normalized spacial score (nSPS) is 10.3. The number of benzene rings is 1. The first-order valence-electron chi connectivity index (χ1n) is 6.22. The molecule has 0 aliphatic heterocycles. The van der Waals surface area contributed by atoms with Gasteiger partial charge in [-0.25, -0.2) is 0 Å². The molecular weight excluding hydrogens is 320 g/mol. The van der Waals surface area contributed by atoms with Gasteiger partial charge in [0.15, 0.2) is 0 Å². The van der Waals surface area contributed by atoms with Crippen molar-refractivity contribution in [3.05, 3.63) is 58.3 Å². The predicted octanol–water partition coefficient (Wildman–Crippen LogP) is 2.79. The summed E-state index contributed by atoms with van der Waals surface area (Å²) in [4.78, 5) is 18.1. The molecule has 0 saturated heterocycles. The molecule has 2 rings (SSSR count). The highest BCUT2D eigenvalue weighted by Gasteiger charge is 2.17. The number of aliphatic hydroxyl groups excluding tert-OH is 1. The van der Waals surface area contributed by atoms with Crippen molar-refractivity contribution in [2.45, 2.75) is 6.92 Å². The fourth-order valence-electron chi connectivity index (χ4n) is 1.86. The highest BCUT2D eigenvalue weighted by Crippen LogP contribution is 2.19. The molecule has 0 aliphatic rings. The number of aryl methyl sites for hydroxylation is 1. The summed E-state index contributed by atoms with van der Waals surface area (Å²) in [5.41, 5.74) is 2.36. The third-order valence-corrected chi connectivity index (χ3v) is 3.30. The first kappa shape index (κ1) is 14.7. The maximum absolute atomic E-state index is 12.5. The predicted molar refractivity (Wildman–Crippen MR) is 81.9 cm³/mol. The summed E-state index contributed by atoms with van der Waals surface area (Å²) in [6.45, 7) is 2.13. The Hall–Kier alpha value is -1.72. The largest absolute Gasteiger partial charge is 0.395 e. The fraction of sp³-hybridized carbons (Fsp3) is 0.200. The van der Waals surface area contributed by atoms with Gasteiger partial charge in [-0.2, -0.15) is 0 Å². The first-order valence-corrected chi connectivity index (χ1v) is 7.01. The molecule has 1 heterocycles. The van der Waals surface area contributed by atoms with Gasteiger partial charge in [-0.15, -0.1) is 0 Å². The number of pyridine rings is 1. The lowest BCUT2D eigenvalue weighted by Gasteiger charge is -2.22. The number of aliphatic hydroxyl groups is 1. The molecular formula is C15H15BrN2O2. The fourth-order valence-corrected chi connectivity index (χ4v) is 2.22. The number of carbonyl (C=O) groups is 1. The minimum atomic E-state index is -0.184. The van der Waals surface area contributed by atoms with Crippen LogP contribution in [0.5, 0.6) is 0 Å². The Morgan fingerprint density at radius 2 is 2.00 bits per heavy atom. The third kappa shape index (κ3) is 3.43. The average Bonchev–Trinajstić information content (AvgIpc) is 2.45. The number of aromatic nitrogens is 1. The third-order valence-electron chi connectivity index (χ3n) is 2.87. The standard InChI is InChI=1S/C15H15BrN2O2/c1-11-2-4-14(5-3-11)18(6-7-19)15(20)12-8-13(16)10-17-9-12/h2-5,8-10,19H,6-7H2,1H3. The molecule has 1 N–H and O–H groups in total. The topological polar surface area (TPSA) is 53.4 Å². The number of halogens is 1. The molecule has 0 unspecified atom stereocenters. The van der Waals surface area contributed by atoms with Crippen molar-refractivity contribution >= 4 is 27.5 Å². The molecule has 0 atom stereocenters. The van der Waals surface area contributed by atoms with Gasteiger partial charge in [-0.3, -0.25) is 9.78 Å². The highest BCUT2D eigenvalue weighted by molar-refractivity contribution is 9.10. The molecule has 0 bridgehead atoms. The zero-order chi connectivity index (χ0) is 14.5. The molecule has 0 aliphatic carbocycles. The molecule has 1 aromatic carbocycles. The molecule has 0 fully saturated rings. The van der Waals surface area contributed by atoms with Gasteiger partial charge in [0, 0.05) is 29.1 Å². The van der Waals surface area contributed by atoms with Gasteiger partial charge < -0.3 is 10.0 Å². The number of hydrogen-bond acceptors (Lipinski definition) is 3. The molecule has 0 spiro atoms. The van der Waals surface area contributed by atoms with Crippen LogP contribution in [0, 0.1) is 6.92 Å². The van der Waals surface area contributed by atoms with Crippen LogP contribution in [0.2, 0.25) is 0 Å². The van der Waals surface area contributed by atoms with Crippen molar-refractivity contribution in [2.24, 2.45) is 0 Å². The van der Waals surface area contributed by atoms with E-state index in [4.69, 9.17) is 0 Å². The Kier molecular flexibility index (Phi) is 4.87. The maximum Gasteiger partial charge on any atom is 0.259 e. The molecule has 4 nitrogen and oxygen atoms in total. The van der Waals surface area contributed by atoms with Gasteiger partial charge >= 0.3 is 0 Å². The second-order valence-corrected chi connectivity index (χ2v) is 5.32. The van der Waals surface area contributed by atoms with Crippen LogP contribution in [-0.4, -0.2) is 29.1 Å². The Labute approximate surface area is 126 Å². The summed E-state index contributed by atoms with van der Waals surface area (Å²) in [5, 5.41) is 9.18. The Bertz CT molecular complexity index is 599. The average molecular weight is 335 g/mol. The van der Waals surface area contributed by atoms with Crippen LogP contribution in [0.4, 0.5) is 5.69 Å². The van der Waals surface area contributed by atoms with Crippen molar-refractivity contribution in [3.63, 3.8) is 0 Å². The second-order valence-electron chi connectivity index (χ2n) is 4.41. The van der Waals surface area contributed by atoms with E-state index in [1.165, 1.54) is 6.20 Å². The number of amides is 1. The van der Waals surface area contributed by atoms with Crippen molar-refractivity contribution in [1.29, 1.82) is 0 Å². The summed E-state index contributed by atoms with van der Waals surface area (Å²) in [7, 11) is 0. The molecule has 0 radical (unpaired) electrons. The SMILES string of the molecule is Cc1ccc(N(CCO)C(=O)c2cncc(Br)c2)cc1. The summed E-state index contributed by atoms with van der Waals surface area (Å²) in [6.07, 6.45) is 3.14. The van der Waals surface area contributed by atoms with Crippen molar-refractivity contribution in [2.75, 3.05) is 18.1 Å². The lowest BCUT2D eigenvalue weighted by atomic mass is 10.2. The monoisotopic (exact) mass is 334 g/mol. The maximum atomic E-state index is 12.5. The zero-order valence-corrected chi connectivity index (χ0v) is 12.7. The van der Waals surface area contributed by atoms with Gasteiger partial charge in [0.25, 0.3) is 5.91 Å². The first-order chi connectivity index (χ1) is 9.61. The van der Waals surface area contributed by atoms with Crippen LogP contribution in [0.15, 0.2) is 47.2 Å². The van der Waals surface area contributed by atoms with Crippen LogP contribution in [0.25, 0.3) is 0 Å². The Morgan fingerprint density at radius 1 is 1.30 bits per heavy atom. The van der Waals surface area contributed by atoms with Crippen LogP contribution < -0.4 is 4.90 Å². The van der Waals surface area contributed by atoms with Crippen molar-refractivity contribution in [1.82, 2.24) is 4.98 Å². The minimum Gasteiger partial charge on any atom is -0.395 e. The smallest absolute Gasteiger partial charge is 0.259 e. The number of nitrogens with zero attached hydrogens (tertiary/aromatic N) is 2. The lowest BCUT2D eigenvalue weighted by molar-refractivity contribution is 0.0980. The van der Waals surface area contributed by atoms with Crippen molar-refractivity contribution < 1.29 is 9.90 Å². The minimum absolute atomic E-state index is 0.0962. The lowest BCUT2D eigenvalue weighted by Crippen LogP contribution is -2.33. The van der Waals surface area contributed by atoms with E-state index in [1.807, 2.05) is 31.2 Å². The van der Waals surface area contributed by atoms with E-state index in [9.17, 15) is 9.90 Å². The van der Waals surface area contributed by atoms with E-state index >= 15 is 0 Å². The number of anilines is 1. The number of carbonyl (C=O) groups excluding carboxylic acids is 1. The zero-order valence-electron chi connectivity index (χ0n) is 11.1. The number of hydrogen-bond donors (Lipinski definition) is 1. The highest BCUT2D eigenvalue weighted by atomic mass is 79.9. The number of rotatable bonds is 4. The van der Waals surface area contributed by atoms with E-state index in [2.05, 4.69) is 20.9 Å². The molecule has 20 heavy (non-hydrogen) atoms. The van der Waals surface area contributed by atoms with Gasteiger partial charge in [0.2, 0.25) is 0 Å². The second kappa shape index (κ2) is 6.63. The summed E-state index contributed by atoms with van der Waals surface area (Å²) in [5.74, 6) is -0.184. The quantitative estimate of drug-likeness (QED) is 0.935. The Balaban J connectivity index is 2.33. The van der Waals surface area contributed by atoms with Gasteiger partial charge in [0.1, 0.15) is 0 Å². The van der Waals surface area contributed by atoms with Gasteiger partial charge in [0.05, 0.1) is 12.2 Å². The molecule has 5 heteroatoms. The van der Waals surface area contributed by atoms with E-state index in [0.717, 1.165) is 15.7 Å².